The predicted octanol–water partition coefficient (Wildman–Crippen LogP) is 0.539. The fraction of sp³-hybridized carbons (Fsp3) is 0.421. The summed E-state index contributed by atoms with van der Waals surface area (Å²) in [5, 5.41) is 12.6. The quantitative estimate of drug-likeness (QED) is 0.343. The van der Waals surface area contributed by atoms with Crippen LogP contribution in [0.3, 0.4) is 0 Å². The van der Waals surface area contributed by atoms with Crippen molar-refractivity contribution in [3.8, 4) is 5.75 Å². The second kappa shape index (κ2) is 9.39. The normalized spacial score (nSPS) is 27.8. The van der Waals surface area contributed by atoms with Crippen LogP contribution in [0.25, 0.3) is 0 Å². The molecular weight excluding hydrogens is 483 g/mol. The number of aliphatic hydroxyl groups excluding tert-OH is 1. The van der Waals surface area contributed by atoms with Crippen molar-refractivity contribution in [2.75, 3.05) is 13.2 Å². The van der Waals surface area contributed by atoms with Gasteiger partial charge in [-0.15, -0.1) is 0 Å². The summed E-state index contributed by atoms with van der Waals surface area (Å²) in [5.74, 6) is -4.56. The third-order valence-electron chi connectivity index (χ3n) is 5.11. The van der Waals surface area contributed by atoms with Crippen LogP contribution in [0.4, 0.5) is 8.78 Å². The predicted molar refractivity (Wildman–Crippen MR) is 109 cm³/mol. The number of carbonyl (C=O) groups excluding carboxylic acids is 1. The lowest BCUT2D eigenvalue weighted by molar-refractivity contribution is -0.141. The fourth-order valence-corrected chi connectivity index (χ4v) is 4.94. The molecule has 0 radical (unpaired) electrons. The van der Waals surface area contributed by atoms with Gasteiger partial charge >= 0.3 is 25.3 Å². The van der Waals surface area contributed by atoms with Gasteiger partial charge in [-0.2, -0.15) is 13.9 Å². The Kier molecular flexibility index (Phi) is 6.69. The van der Waals surface area contributed by atoms with Gasteiger partial charge in [0.05, 0.1) is 13.2 Å². The number of carbonyl (C=O) groups is 1. The lowest BCUT2D eigenvalue weighted by Gasteiger charge is -2.23. The molecule has 2 aromatic rings. The molecule has 184 valence electrons. The van der Waals surface area contributed by atoms with Gasteiger partial charge in [-0.3, -0.25) is 23.7 Å². The maximum Gasteiger partial charge on any atom is 0.459 e. The van der Waals surface area contributed by atoms with Gasteiger partial charge in [-0.05, 0) is 12.1 Å². The zero-order valence-electron chi connectivity index (χ0n) is 17.3. The molecule has 0 aliphatic carbocycles. The first-order chi connectivity index (χ1) is 16.1. The van der Waals surface area contributed by atoms with Crippen molar-refractivity contribution in [2.24, 2.45) is 0 Å². The number of aromatic amines is 1. The highest BCUT2D eigenvalue weighted by molar-refractivity contribution is 7.52. The summed E-state index contributed by atoms with van der Waals surface area (Å²) in [6.07, 6.45) is -5.51. The number of nitrogens with one attached hydrogen (secondary N) is 2. The van der Waals surface area contributed by atoms with Crippen LogP contribution >= 0.6 is 7.75 Å². The Bertz CT molecular complexity index is 1210. The van der Waals surface area contributed by atoms with Crippen LogP contribution in [0.1, 0.15) is 12.6 Å². The molecule has 3 N–H and O–H groups in total. The third-order valence-corrected chi connectivity index (χ3v) is 6.68. The van der Waals surface area contributed by atoms with Gasteiger partial charge in [0.15, 0.2) is 6.10 Å². The number of alkyl halides is 2. The number of aliphatic hydroxyl groups is 1. The summed E-state index contributed by atoms with van der Waals surface area (Å²) in [7, 11) is -4.36. The topological polar surface area (TPSA) is 158 Å². The van der Waals surface area contributed by atoms with Crippen molar-refractivity contribution in [3.05, 3.63) is 63.4 Å². The molecule has 0 unspecified atom stereocenters. The van der Waals surface area contributed by atoms with Crippen molar-refractivity contribution in [2.45, 2.75) is 36.8 Å². The Morgan fingerprint density at radius 2 is 1.97 bits per heavy atom. The molecule has 0 spiro atoms. The van der Waals surface area contributed by atoms with E-state index in [0.717, 1.165) is 12.3 Å². The molecule has 2 aliphatic rings. The Balaban J connectivity index is 1.53. The number of nitrogens with zero attached hydrogens (tertiary/aromatic N) is 1. The summed E-state index contributed by atoms with van der Waals surface area (Å²) in [6, 6.07) is 7.56. The number of H-pyrrole nitrogens is 1. The molecule has 15 heteroatoms. The molecule has 5 atom stereocenters. The van der Waals surface area contributed by atoms with Gasteiger partial charge in [0, 0.05) is 18.7 Å². The Morgan fingerprint density at radius 3 is 2.62 bits per heavy atom. The number of esters is 1. The van der Waals surface area contributed by atoms with Gasteiger partial charge in [-0.25, -0.2) is 9.36 Å². The van der Waals surface area contributed by atoms with E-state index in [1.54, 1.807) is 18.2 Å². The summed E-state index contributed by atoms with van der Waals surface area (Å²) in [4.78, 5) is 36.8. The molecule has 0 saturated carbocycles. The van der Waals surface area contributed by atoms with Crippen LogP contribution in [0, 0.1) is 0 Å². The molecule has 0 amide bonds. The van der Waals surface area contributed by atoms with E-state index in [9.17, 15) is 32.8 Å². The van der Waals surface area contributed by atoms with Gasteiger partial charge < -0.3 is 19.1 Å². The highest BCUT2D eigenvalue weighted by Crippen LogP contribution is 2.48. The highest BCUT2D eigenvalue weighted by atomic mass is 31.2. The number of halogens is 2. The molecule has 2 fully saturated rings. The number of cyclic esters (lactones) is 1. The van der Waals surface area contributed by atoms with Crippen LogP contribution in [0.5, 0.6) is 5.75 Å². The van der Waals surface area contributed by atoms with Crippen molar-refractivity contribution >= 4 is 13.7 Å². The van der Waals surface area contributed by atoms with E-state index in [-0.39, 0.29) is 18.8 Å². The lowest BCUT2D eigenvalue weighted by Crippen LogP contribution is -2.42. The summed E-state index contributed by atoms with van der Waals surface area (Å²) in [6.45, 7) is -0.779. The van der Waals surface area contributed by atoms with Crippen LogP contribution in [-0.4, -0.2) is 58.0 Å². The van der Waals surface area contributed by atoms with Crippen molar-refractivity contribution in [1.82, 2.24) is 14.6 Å². The molecule has 0 bridgehead atoms. The van der Waals surface area contributed by atoms with Crippen LogP contribution in [0.15, 0.2) is 52.2 Å². The van der Waals surface area contributed by atoms with Gasteiger partial charge in [0.2, 0.25) is 6.23 Å². The summed E-state index contributed by atoms with van der Waals surface area (Å²) < 4.78 is 63.8. The van der Waals surface area contributed by atoms with E-state index in [4.69, 9.17) is 18.5 Å². The molecule has 4 rings (SSSR count). The molecule has 12 nitrogen and oxygen atoms in total. The lowest BCUT2D eigenvalue weighted by atomic mass is 10.1. The molecule has 2 saturated heterocycles. The smallest absolute Gasteiger partial charge is 0.459 e. The molecule has 1 aromatic heterocycles. The molecule has 34 heavy (non-hydrogen) atoms. The minimum atomic E-state index is -4.36. The number of aromatic nitrogens is 2. The van der Waals surface area contributed by atoms with Gasteiger partial charge in [0.1, 0.15) is 17.9 Å². The van der Waals surface area contributed by atoms with Crippen molar-refractivity contribution in [1.29, 1.82) is 0 Å². The van der Waals surface area contributed by atoms with E-state index in [1.807, 2.05) is 4.98 Å². The first-order valence-electron chi connectivity index (χ1n) is 10.1. The van der Waals surface area contributed by atoms with Crippen molar-refractivity contribution < 1.29 is 41.8 Å². The summed E-state index contributed by atoms with van der Waals surface area (Å²) in [5.41, 5.74) is -1.98. The first kappa shape index (κ1) is 24.2. The second-order valence-electron chi connectivity index (χ2n) is 7.50. The Hall–Kier alpha value is -2.90. The van der Waals surface area contributed by atoms with Gasteiger partial charge in [0.25, 0.3) is 5.56 Å². The second-order valence-corrected chi connectivity index (χ2v) is 9.19. The van der Waals surface area contributed by atoms with Crippen LogP contribution in [-0.2, 0) is 23.4 Å². The standard InChI is InChI=1S/C19H20F2N3O9P/c20-19(21)15(26)13(32-17(19)24-8-6-14(25)22-18(24)28)10-31-34(29,23-12-7-9-30-16(12)27)33-11-4-2-1-3-5-11/h1-6,8,12-13,15,17,26H,7,9-10H2,(H,23,29)(H,22,25,28)/t12-,13+,15+,17+,34+/m0/s1. The molecule has 2 aliphatic heterocycles. The zero-order valence-corrected chi connectivity index (χ0v) is 18.2. The number of ether oxygens (including phenoxy) is 2. The summed E-state index contributed by atoms with van der Waals surface area (Å²) >= 11 is 0. The molecular formula is C19H20F2N3O9P. The minimum Gasteiger partial charge on any atom is -0.464 e. The number of rotatable bonds is 8. The fourth-order valence-electron chi connectivity index (χ4n) is 3.40. The SMILES string of the molecule is O=C1OCC[C@@H]1N[P@@](=O)(OC[C@H]1O[C@@H](n2ccc(=O)[nH]c2=O)C(F)(F)[C@@H]1O)Oc1ccccc1. The van der Waals surface area contributed by atoms with Crippen molar-refractivity contribution in [3.63, 3.8) is 0 Å². The Labute approximate surface area is 190 Å². The number of hydrogen-bond donors (Lipinski definition) is 3. The Morgan fingerprint density at radius 1 is 1.24 bits per heavy atom. The van der Waals surface area contributed by atoms with E-state index in [2.05, 4.69) is 5.09 Å². The van der Waals surface area contributed by atoms with Crippen LogP contribution in [0.2, 0.25) is 0 Å². The maximum atomic E-state index is 14.7. The zero-order chi connectivity index (χ0) is 24.5. The number of hydrogen-bond acceptors (Lipinski definition) is 9. The number of para-hydroxylation sites is 1. The monoisotopic (exact) mass is 503 g/mol. The maximum absolute atomic E-state index is 14.7. The largest absolute Gasteiger partial charge is 0.464 e. The average molecular weight is 503 g/mol. The van der Waals surface area contributed by atoms with Crippen LogP contribution < -0.4 is 20.9 Å². The van der Waals surface area contributed by atoms with Gasteiger partial charge in [-0.1, -0.05) is 18.2 Å². The van der Waals surface area contributed by atoms with E-state index >= 15 is 0 Å². The number of benzene rings is 1. The van der Waals surface area contributed by atoms with E-state index < -0.39 is 62.0 Å². The molecule has 1 aromatic carbocycles. The highest BCUT2D eigenvalue weighted by Gasteiger charge is 2.60. The molecule has 3 heterocycles. The third kappa shape index (κ3) is 4.95. The average Bonchev–Trinajstić information content (AvgIpc) is 3.28. The van der Waals surface area contributed by atoms with E-state index in [1.165, 1.54) is 12.1 Å². The van der Waals surface area contributed by atoms with E-state index in [0.29, 0.717) is 4.57 Å². The first-order valence-corrected chi connectivity index (χ1v) is 11.6. The minimum absolute atomic E-state index is 0.0775.